The van der Waals surface area contributed by atoms with Crippen molar-refractivity contribution < 1.29 is 32.7 Å². The second kappa shape index (κ2) is 14.9. The Morgan fingerprint density at radius 1 is 1.07 bits per heavy atom. The molecule has 6 N–H and O–H groups in total. The molecule has 5 fully saturated rings. The highest BCUT2D eigenvalue weighted by Crippen LogP contribution is 2.39. The molecule has 5 rings (SSSR count). The number of carbonyl (C=O) groups is 3. The smallest absolute Gasteiger partial charge is 0.389 e. The highest BCUT2D eigenvalue weighted by molar-refractivity contribution is 6.21. The van der Waals surface area contributed by atoms with E-state index in [2.05, 4.69) is 38.4 Å². The Labute approximate surface area is 273 Å². The third kappa shape index (κ3) is 7.51. The van der Waals surface area contributed by atoms with E-state index in [0.29, 0.717) is 45.8 Å². The summed E-state index contributed by atoms with van der Waals surface area (Å²) < 4.78 is 39.8. The van der Waals surface area contributed by atoms with Crippen LogP contribution in [0.25, 0.3) is 0 Å². The van der Waals surface area contributed by atoms with Gasteiger partial charge in [0.2, 0.25) is 11.8 Å². The van der Waals surface area contributed by atoms with Crippen molar-refractivity contribution in [2.24, 2.45) is 5.92 Å². The van der Waals surface area contributed by atoms with Gasteiger partial charge in [-0.25, -0.2) is 0 Å². The summed E-state index contributed by atoms with van der Waals surface area (Å²) in [6.07, 6.45) is -4.34. The largest absolute Gasteiger partial charge is 0.391 e. The summed E-state index contributed by atoms with van der Waals surface area (Å²) in [6, 6.07) is -2.75. The molecule has 1 saturated carbocycles. The second-order valence-electron chi connectivity index (χ2n) is 13.5. The van der Waals surface area contributed by atoms with Gasteiger partial charge in [0.1, 0.15) is 6.04 Å². The summed E-state index contributed by atoms with van der Waals surface area (Å²) in [7, 11) is 0. The topological polar surface area (TPSA) is 141 Å². The van der Waals surface area contributed by atoms with Crippen molar-refractivity contribution in [1.29, 1.82) is 0 Å². The highest BCUT2D eigenvalue weighted by atomic mass is 35.5. The van der Waals surface area contributed by atoms with E-state index in [1.165, 1.54) is 0 Å². The fraction of sp³-hybridized carbons (Fsp3) is 0.900. The van der Waals surface area contributed by atoms with E-state index in [-0.39, 0.29) is 61.5 Å². The summed E-state index contributed by atoms with van der Waals surface area (Å²) >= 11 is 6.37. The first kappa shape index (κ1) is 35.7. The first-order chi connectivity index (χ1) is 21.8. The lowest BCUT2D eigenvalue weighted by Crippen LogP contribution is -2.79. The van der Waals surface area contributed by atoms with Crippen molar-refractivity contribution in [2.45, 2.75) is 119 Å². The quantitative estimate of drug-likeness (QED) is 0.196. The van der Waals surface area contributed by atoms with Gasteiger partial charge < -0.3 is 20.6 Å². The summed E-state index contributed by atoms with van der Waals surface area (Å²) in [6.45, 7) is 8.62. The van der Waals surface area contributed by atoms with Crippen molar-refractivity contribution >= 4 is 29.2 Å². The van der Waals surface area contributed by atoms with Gasteiger partial charge in [-0.1, -0.05) is 13.8 Å². The zero-order valence-electron chi connectivity index (χ0n) is 26.9. The van der Waals surface area contributed by atoms with Crippen molar-refractivity contribution in [3.05, 3.63) is 0 Å². The van der Waals surface area contributed by atoms with E-state index >= 15 is 0 Å². The maximum atomic E-state index is 14.2. The van der Waals surface area contributed by atoms with Crippen LogP contribution in [0.1, 0.15) is 52.9 Å². The number of fused-ring (bicyclic) bond motifs is 1. The molecule has 1 aliphatic carbocycles. The molecule has 11 unspecified atom stereocenters. The Balaban J connectivity index is 1.28. The predicted molar refractivity (Wildman–Crippen MR) is 166 cm³/mol. The summed E-state index contributed by atoms with van der Waals surface area (Å²) in [5.74, 6) is -1.91. The molecular weight excluding hydrogens is 629 g/mol. The average Bonchev–Trinajstić information content (AvgIpc) is 3.03. The number of Topliss-reactive ketones (excluding diaryl/α,β-unsaturated/α-hetero) is 1. The van der Waals surface area contributed by atoms with Gasteiger partial charge in [-0.15, -0.1) is 11.6 Å². The average molecular weight is 679 g/mol. The number of rotatable bonds is 7. The molecule has 262 valence electrons. The molecular formula is C30H50ClF3N8O4. The minimum absolute atomic E-state index is 0.0344. The van der Waals surface area contributed by atoms with E-state index in [4.69, 9.17) is 11.6 Å². The van der Waals surface area contributed by atoms with Crippen LogP contribution in [-0.4, -0.2) is 149 Å². The fourth-order valence-electron chi connectivity index (χ4n) is 7.95. The van der Waals surface area contributed by atoms with Crippen LogP contribution in [0.4, 0.5) is 13.2 Å². The number of alkyl halides is 4. The van der Waals surface area contributed by atoms with Crippen LogP contribution in [0.3, 0.4) is 0 Å². The van der Waals surface area contributed by atoms with Crippen LogP contribution in [-0.2, 0) is 14.4 Å². The lowest BCUT2D eigenvalue weighted by Gasteiger charge is -2.55. The zero-order valence-corrected chi connectivity index (χ0v) is 27.6. The van der Waals surface area contributed by atoms with Crippen LogP contribution in [0.2, 0.25) is 0 Å². The number of aliphatic hydroxyl groups is 1. The number of likely N-dealkylation sites (tertiary alicyclic amines) is 1. The van der Waals surface area contributed by atoms with Gasteiger partial charge in [0.05, 0.1) is 42.2 Å². The molecule has 16 heteroatoms. The van der Waals surface area contributed by atoms with Gasteiger partial charge in [0, 0.05) is 63.6 Å². The van der Waals surface area contributed by atoms with Gasteiger partial charge in [0.15, 0.2) is 5.78 Å². The maximum Gasteiger partial charge on any atom is 0.391 e. The van der Waals surface area contributed by atoms with E-state index in [9.17, 15) is 32.7 Å². The second-order valence-corrected chi connectivity index (χ2v) is 14.1. The lowest BCUT2D eigenvalue weighted by atomic mass is 9.84. The number of nitrogens with zero attached hydrogens (tertiary/aromatic N) is 3. The first-order valence-electron chi connectivity index (χ1n) is 16.8. The Morgan fingerprint density at radius 3 is 2.41 bits per heavy atom. The molecule has 2 amide bonds. The normalized spacial score (nSPS) is 40.0. The van der Waals surface area contributed by atoms with Crippen molar-refractivity contribution in [1.82, 2.24) is 41.3 Å². The van der Waals surface area contributed by atoms with Crippen molar-refractivity contribution in [3.8, 4) is 0 Å². The summed E-state index contributed by atoms with van der Waals surface area (Å²) in [5, 5.41) is 25.8. The van der Waals surface area contributed by atoms with Gasteiger partial charge in [-0.2, -0.15) is 13.2 Å². The Hall–Kier alpha value is -1.59. The predicted octanol–water partition coefficient (Wildman–Crippen LogP) is -0.448. The summed E-state index contributed by atoms with van der Waals surface area (Å²) in [4.78, 5) is 46.9. The number of hydrogen-bond donors (Lipinski definition) is 6. The number of halogens is 4. The number of nitrogens with one attached hydrogen (secondary N) is 5. The third-order valence-electron chi connectivity index (χ3n) is 10.8. The van der Waals surface area contributed by atoms with E-state index < -0.39 is 53.9 Å². The van der Waals surface area contributed by atoms with Crippen LogP contribution in [0.15, 0.2) is 0 Å². The third-order valence-corrected chi connectivity index (χ3v) is 11.2. The number of amides is 2. The molecule has 11 atom stereocenters. The fourth-order valence-corrected chi connectivity index (χ4v) is 8.35. The Morgan fingerprint density at radius 2 is 1.78 bits per heavy atom. The SMILES string of the molecule is CCC1CNC2C(=O)C(N3CCN(C(=O)C4NCNC(C)C4O)CC3)C(CC)N(CC(=O)NC3CCC(C(F)(F)F)CC3Cl)C2N1. The molecule has 0 aromatic heterocycles. The number of hydrogen-bond acceptors (Lipinski definition) is 10. The van der Waals surface area contributed by atoms with Crippen molar-refractivity contribution in [3.63, 3.8) is 0 Å². The molecule has 4 aliphatic heterocycles. The highest BCUT2D eigenvalue weighted by Gasteiger charge is 2.53. The molecule has 0 aromatic carbocycles. The van der Waals surface area contributed by atoms with Gasteiger partial charge in [0.25, 0.3) is 0 Å². The molecule has 4 heterocycles. The first-order valence-corrected chi connectivity index (χ1v) is 17.2. The number of ketones is 1. The molecule has 0 radical (unpaired) electrons. The van der Waals surface area contributed by atoms with E-state index in [1.54, 1.807) is 4.90 Å². The Kier molecular flexibility index (Phi) is 11.6. The van der Waals surface area contributed by atoms with E-state index in [1.807, 2.05) is 18.7 Å². The molecule has 12 nitrogen and oxygen atoms in total. The molecule has 5 aliphatic rings. The summed E-state index contributed by atoms with van der Waals surface area (Å²) in [5.41, 5.74) is 0. The van der Waals surface area contributed by atoms with Gasteiger partial charge >= 0.3 is 6.18 Å². The molecule has 4 saturated heterocycles. The van der Waals surface area contributed by atoms with Crippen LogP contribution >= 0.6 is 11.6 Å². The molecule has 0 spiro atoms. The number of piperazine rings is 2. The standard InChI is InChI=1S/C30H50ClF3N8O4/c1-4-18-13-35-23-27(45)25(40-8-10-41(11-9-40)29(46)24-26(44)16(3)36-15-37-24)21(5-2)42(28(23)38-18)14-22(43)39-20-7-6-17(12-19(20)31)30(32,33)34/h16-21,23-26,28,35-38,44H,4-15H2,1-3H3,(H,39,43). The Bertz CT molecular complexity index is 1100. The number of piperidine rings is 1. The van der Waals surface area contributed by atoms with Crippen molar-refractivity contribution in [2.75, 3.05) is 45.9 Å². The minimum Gasteiger partial charge on any atom is -0.389 e. The monoisotopic (exact) mass is 678 g/mol. The molecule has 0 bridgehead atoms. The van der Waals surface area contributed by atoms with Crippen LogP contribution in [0.5, 0.6) is 0 Å². The van der Waals surface area contributed by atoms with Crippen LogP contribution < -0.4 is 26.6 Å². The maximum absolute atomic E-state index is 14.2. The van der Waals surface area contributed by atoms with Gasteiger partial charge in [-0.05, 0) is 39.0 Å². The molecule has 46 heavy (non-hydrogen) atoms. The minimum atomic E-state index is -4.31. The lowest BCUT2D eigenvalue weighted by molar-refractivity contribution is -0.182. The number of carbonyl (C=O) groups excluding carboxylic acids is 3. The number of aliphatic hydroxyl groups excluding tert-OH is 1. The molecule has 0 aromatic rings. The van der Waals surface area contributed by atoms with Crippen LogP contribution in [0, 0.1) is 5.92 Å². The van der Waals surface area contributed by atoms with E-state index in [0.717, 1.165) is 6.42 Å². The zero-order chi connectivity index (χ0) is 33.3. The van der Waals surface area contributed by atoms with Gasteiger partial charge in [-0.3, -0.25) is 40.1 Å².